The van der Waals surface area contributed by atoms with Gasteiger partial charge in [-0.1, -0.05) is 0 Å². The monoisotopic (exact) mass is 360 g/mol. The van der Waals surface area contributed by atoms with Crippen molar-refractivity contribution in [1.29, 1.82) is 0 Å². The molecule has 21 heavy (non-hydrogen) atoms. The minimum absolute atomic E-state index is 0.0126. The summed E-state index contributed by atoms with van der Waals surface area (Å²) < 4.78 is 40.2. The van der Waals surface area contributed by atoms with Gasteiger partial charge < -0.3 is 10.7 Å². The number of hydrogen-bond acceptors (Lipinski definition) is 4. The quantitative estimate of drug-likeness (QED) is 0.580. The van der Waals surface area contributed by atoms with Gasteiger partial charge >= 0.3 is 0 Å². The summed E-state index contributed by atoms with van der Waals surface area (Å²) in [5.41, 5.74) is 1.38. The Morgan fingerprint density at radius 1 is 1.19 bits per heavy atom. The predicted octanol–water partition coefficient (Wildman–Crippen LogP) is 2.80. The molecule has 1 aromatic carbocycles. The fourth-order valence-corrected chi connectivity index (χ4v) is 1.90. The molecule has 0 spiro atoms. The summed E-state index contributed by atoms with van der Waals surface area (Å²) in [7, 11) is 0. The standard InChI is InChI=1S/C12H8BrF3N4O/c13-5-1-7(11(20-17)18-4-5)12(21)19-10-8(15)2-6(14)3-9(10)16/h1-4H,17H2,(H,18,20)(H,19,21). The summed E-state index contributed by atoms with van der Waals surface area (Å²) in [4.78, 5) is 15.9. The number of carbonyl (C=O) groups is 1. The van der Waals surface area contributed by atoms with Crippen molar-refractivity contribution in [2.45, 2.75) is 0 Å². The van der Waals surface area contributed by atoms with Gasteiger partial charge in [0, 0.05) is 22.8 Å². The van der Waals surface area contributed by atoms with Gasteiger partial charge in [0.15, 0.2) is 17.5 Å². The number of pyridine rings is 1. The van der Waals surface area contributed by atoms with Crippen LogP contribution in [0.5, 0.6) is 0 Å². The zero-order valence-electron chi connectivity index (χ0n) is 10.3. The molecule has 0 atom stereocenters. The Morgan fingerprint density at radius 2 is 1.81 bits per heavy atom. The lowest BCUT2D eigenvalue weighted by Gasteiger charge is -2.10. The van der Waals surface area contributed by atoms with E-state index < -0.39 is 29.0 Å². The highest BCUT2D eigenvalue weighted by molar-refractivity contribution is 9.10. The Labute approximate surface area is 125 Å². The van der Waals surface area contributed by atoms with Crippen molar-refractivity contribution < 1.29 is 18.0 Å². The number of nitrogen functional groups attached to an aromatic ring is 1. The molecule has 0 saturated carbocycles. The Hall–Kier alpha value is -2.13. The zero-order chi connectivity index (χ0) is 15.6. The molecule has 1 amide bonds. The number of rotatable bonds is 3. The van der Waals surface area contributed by atoms with Crippen LogP contribution in [0.15, 0.2) is 28.9 Å². The third-order valence-electron chi connectivity index (χ3n) is 2.48. The molecule has 0 radical (unpaired) electrons. The van der Waals surface area contributed by atoms with Crippen molar-refractivity contribution in [3.63, 3.8) is 0 Å². The molecule has 1 heterocycles. The topological polar surface area (TPSA) is 80.0 Å². The highest BCUT2D eigenvalue weighted by atomic mass is 79.9. The Balaban J connectivity index is 2.37. The van der Waals surface area contributed by atoms with Gasteiger partial charge in [-0.15, -0.1) is 0 Å². The van der Waals surface area contributed by atoms with Gasteiger partial charge in [-0.2, -0.15) is 0 Å². The van der Waals surface area contributed by atoms with E-state index in [1.807, 2.05) is 5.32 Å². The predicted molar refractivity (Wildman–Crippen MR) is 74.0 cm³/mol. The van der Waals surface area contributed by atoms with Crippen LogP contribution < -0.4 is 16.6 Å². The SMILES string of the molecule is NNc1ncc(Br)cc1C(=O)Nc1c(F)cc(F)cc1F. The second kappa shape index (κ2) is 6.10. The van der Waals surface area contributed by atoms with Crippen molar-refractivity contribution in [1.82, 2.24) is 4.98 Å². The molecule has 2 rings (SSSR count). The second-order valence-corrected chi connectivity index (χ2v) is 4.81. The largest absolute Gasteiger partial charge is 0.317 e. The van der Waals surface area contributed by atoms with E-state index in [4.69, 9.17) is 5.84 Å². The van der Waals surface area contributed by atoms with E-state index in [2.05, 4.69) is 26.3 Å². The zero-order valence-corrected chi connectivity index (χ0v) is 11.8. The summed E-state index contributed by atoms with van der Waals surface area (Å²) in [6.45, 7) is 0. The van der Waals surface area contributed by atoms with E-state index in [-0.39, 0.29) is 11.4 Å². The van der Waals surface area contributed by atoms with Crippen LogP contribution in [0.2, 0.25) is 0 Å². The van der Waals surface area contributed by atoms with E-state index in [1.165, 1.54) is 12.3 Å². The third-order valence-corrected chi connectivity index (χ3v) is 2.91. The number of anilines is 2. The molecule has 0 unspecified atom stereocenters. The van der Waals surface area contributed by atoms with Crippen LogP contribution in [-0.2, 0) is 0 Å². The average Bonchev–Trinajstić information content (AvgIpc) is 2.42. The normalized spacial score (nSPS) is 10.3. The molecular formula is C12H8BrF3N4O. The van der Waals surface area contributed by atoms with Crippen LogP contribution in [0.1, 0.15) is 10.4 Å². The molecule has 9 heteroatoms. The molecule has 0 aliphatic rings. The summed E-state index contributed by atoms with van der Waals surface area (Å²) in [6, 6.07) is 2.27. The van der Waals surface area contributed by atoms with E-state index in [0.29, 0.717) is 16.6 Å². The van der Waals surface area contributed by atoms with Gasteiger partial charge in [-0.25, -0.2) is 24.0 Å². The number of carbonyl (C=O) groups excluding carboxylic acids is 1. The number of hydrogen-bond donors (Lipinski definition) is 3. The highest BCUT2D eigenvalue weighted by Crippen LogP contribution is 2.23. The van der Waals surface area contributed by atoms with Crippen molar-refractivity contribution in [3.05, 3.63) is 51.9 Å². The average molecular weight is 361 g/mol. The summed E-state index contributed by atoms with van der Waals surface area (Å²) >= 11 is 3.11. The summed E-state index contributed by atoms with van der Waals surface area (Å²) in [6.07, 6.45) is 1.38. The van der Waals surface area contributed by atoms with Crippen LogP contribution in [0.25, 0.3) is 0 Å². The molecule has 1 aromatic heterocycles. The first-order valence-electron chi connectivity index (χ1n) is 5.50. The lowest BCUT2D eigenvalue weighted by Crippen LogP contribution is -2.19. The molecule has 2 aromatic rings. The van der Waals surface area contributed by atoms with Gasteiger partial charge in [0.2, 0.25) is 0 Å². The number of nitrogens with one attached hydrogen (secondary N) is 2. The van der Waals surface area contributed by atoms with E-state index in [0.717, 1.165) is 0 Å². The molecule has 4 N–H and O–H groups in total. The Morgan fingerprint density at radius 3 is 2.38 bits per heavy atom. The maximum absolute atomic E-state index is 13.5. The molecular weight excluding hydrogens is 353 g/mol. The maximum atomic E-state index is 13.5. The molecule has 0 aliphatic heterocycles. The molecule has 5 nitrogen and oxygen atoms in total. The van der Waals surface area contributed by atoms with Gasteiger partial charge in [0.25, 0.3) is 5.91 Å². The number of nitrogens with zero attached hydrogens (tertiary/aromatic N) is 1. The van der Waals surface area contributed by atoms with Crippen molar-refractivity contribution in [2.75, 3.05) is 10.7 Å². The lowest BCUT2D eigenvalue weighted by atomic mass is 10.2. The molecule has 0 fully saturated rings. The smallest absolute Gasteiger partial charge is 0.259 e. The van der Waals surface area contributed by atoms with Crippen LogP contribution in [0.3, 0.4) is 0 Å². The Bertz CT molecular complexity index is 688. The third kappa shape index (κ3) is 3.31. The van der Waals surface area contributed by atoms with Crippen LogP contribution >= 0.6 is 15.9 Å². The van der Waals surface area contributed by atoms with Gasteiger partial charge in [0.1, 0.15) is 11.5 Å². The van der Waals surface area contributed by atoms with Crippen molar-refractivity contribution >= 4 is 33.3 Å². The Kier molecular flexibility index (Phi) is 4.43. The number of aromatic nitrogens is 1. The van der Waals surface area contributed by atoms with Crippen molar-refractivity contribution in [3.8, 4) is 0 Å². The minimum Gasteiger partial charge on any atom is -0.317 e. The molecule has 0 saturated heterocycles. The number of amides is 1. The van der Waals surface area contributed by atoms with E-state index >= 15 is 0 Å². The fourth-order valence-electron chi connectivity index (χ4n) is 1.57. The van der Waals surface area contributed by atoms with E-state index in [1.54, 1.807) is 0 Å². The lowest BCUT2D eigenvalue weighted by molar-refractivity contribution is 0.102. The number of nitrogens with two attached hydrogens (primary N) is 1. The highest BCUT2D eigenvalue weighted by Gasteiger charge is 2.18. The second-order valence-electron chi connectivity index (χ2n) is 3.89. The molecule has 0 bridgehead atoms. The van der Waals surface area contributed by atoms with Gasteiger partial charge in [-0.3, -0.25) is 4.79 Å². The summed E-state index contributed by atoms with van der Waals surface area (Å²) in [5.74, 6) is 0.811. The maximum Gasteiger partial charge on any atom is 0.259 e. The van der Waals surface area contributed by atoms with Crippen LogP contribution in [-0.4, -0.2) is 10.9 Å². The van der Waals surface area contributed by atoms with Gasteiger partial charge in [0.05, 0.1) is 5.56 Å². The van der Waals surface area contributed by atoms with Crippen LogP contribution in [0.4, 0.5) is 24.7 Å². The van der Waals surface area contributed by atoms with Crippen LogP contribution in [0, 0.1) is 17.5 Å². The first-order chi connectivity index (χ1) is 9.92. The van der Waals surface area contributed by atoms with E-state index in [9.17, 15) is 18.0 Å². The number of halogens is 4. The summed E-state index contributed by atoms with van der Waals surface area (Å²) in [5, 5.41) is 2.01. The fraction of sp³-hybridized carbons (Fsp3) is 0. The first-order valence-corrected chi connectivity index (χ1v) is 6.29. The van der Waals surface area contributed by atoms with Gasteiger partial charge in [-0.05, 0) is 22.0 Å². The molecule has 0 aliphatic carbocycles. The first kappa shape index (κ1) is 15.3. The molecule has 110 valence electrons. The minimum atomic E-state index is -1.23. The number of hydrazine groups is 1. The number of benzene rings is 1. The van der Waals surface area contributed by atoms with Crippen molar-refractivity contribution in [2.24, 2.45) is 5.84 Å².